The van der Waals surface area contributed by atoms with Gasteiger partial charge in [0.2, 0.25) is 0 Å². The summed E-state index contributed by atoms with van der Waals surface area (Å²) in [4.78, 5) is 4.32. The molecule has 190 valence electrons. The second kappa shape index (κ2) is 11.3. The number of benzene rings is 4. The van der Waals surface area contributed by atoms with Crippen LogP contribution < -0.4 is 5.73 Å². The van der Waals surface area contributed by atoms with Crippen molar-refractivity contribution in [1.29, 1.82) is 0 Å². The highest BCUT2D eigenvalue weighted by molar-refractivity contribution is 9.10. The maximum absolute atomic E-state index is 5.58. The van der Waals surface area contributed by atoms with Crippen LogP contribution >= 0.6 is 15.9 Å². The van der Waals surface area contributed by atoms with Crippen molar-refractivity contribution in [3.8, 4) is 44.5 Å². The fraction of sp³-hybridized carbons (Fsp3) is 0.0833. The van der Waals surface area contributed by atoms with Crippen LogP contribution in [0.2, 0.25) is 0 Å². The maximum Gasteiger partial charge on any atom is 0.0346 e. The van der Waals surface area contributed by atoms with E-state index < -0.39 is 0 Å². The topological polar surface area (TPSA) is 38.9 Å². The lowest BCUT2D eigenvalue weighted by Gasteiger charge is -2.30. The Bertz CT molecular complexity index is 1680. The summed E-state index contributed by atoms with van der Waals surface area (Å²) >= 11 is 3.66. The highest BCUT2D eigenvalue weighted by Crippen LogP contribution is 2.43. The molecule has 0 bridgehead atoms. The molecule has 6 rings (SSSR count). The summed E-state index contributed by atoms with van der Waals surface area (Å²) in [6, 6.07) is 37.3. The van der Waals surface area contributed by atoms with Crippen molar-refractivity contribution in [3.63, 3.8) is 0 Å². The van der Waals surface area contributed by atoms with E-state index in [2.05, 4.69) is 124 Å². The Balaban J connectivity index is 1.46. The average Bonchev–Trinajstić information content (AvgIpc) is 2.97. The third-order valence-corrected chi connectivity index (χ3v) is 7.99. The highest BCUT2D eigenvalue weighted by Gasteiger charge is 2.25. The highest BCUT2D eigenvalue weighted by atomic mass is 79.9. The molecule has 2 N–H and O–H groups in total. The van der Waals surface area contributed by atoms with E-state index in [1.165, 1.54) is 50.9 Å². The van der Waals surface area contributed by atoms with E-state index in [0.717, 1.165) is 22.0 Å². The molecule has 1 heterocycles. The lowest BCUT2D eigenvalue weighted by molar-refractivity contribution is 0.564. The Labute approximate surface area is 238 Å². The second-order valence-electron chi connectivity index (χ2n) is 9.98. The molecule has 1 saturated carbocycles. The van der Waals surface area contributed by atoms with Crippen molar-refractivity contribution in [2.24, 2.45) is 5.73 Å². The largest absolute Gasteiger partial charge is 0.405 e. The number of hydrogen-bond donors (Lipinski definition) is 1. The summed E-state index contributed by atoms with van der Waals surface area (Å²) in [7, 11) is 0. The van der Waals surface area contributed by atoms with Gasteiger partial charge in [0.25, 0.3) is 0 Å². The molecule has 39 heavy (non-hydrogen) atoms. The normalized spacial score (nSPS) is 15.9. The van der Waals surface area contributed by atoms with Crippen LogP contribution in [0.25, 0.3) is 44.5 Å². The van der Waals surface area contributed by atoms with E-state index in [0.29, 0.717) is 5.92 Å². The molecule has 0 spiro atoms. The third kappa shape index (κ3) is 5.50. The molecule has 4 aromatic carbocycles. The zero-order valence-corrected chi connectivity index (χ0v) is 23.2. The van der Waals surface area contributed by atoms with Crippen molar-refractivity contribution in [2.75, 3.05) is 0 Å². The van der Waals surface area contributed by atoms with Crippen molar-refractivity contribution in [1.82, 2.24) is 4.98 Å². The Kier molecular flexibility index (Phi) is 7.25. The Morgan fingerprint density at radius 1 is 0.667 bits per heavy atom. The molecule has 1 aromatic heterocycles. The van der Waals surface area contributed by atoms with Gasteiger partial charge in [-0.2, -0.15) is 0 Å². The minimum Gasteiger partial charge on any atom is -0.405 e. The first-order valence-corrected chi connectivity index (χ1v) is 14.1. The Hall–Kier alpha value is -4.21. The predicted octanol–water partition coefficient (Wildman–Crippen LogP) is 9.79. The van der Waals surface area contributed by atoms with Gasteiger partial charge in [-0.25, -0.2) is 0 Å². The van der Waals surface area contributed by atoms with E-state index in [4.69, 9.17) is 5.73 Å². The molecule has 3 heteroatoms. The maximum atomic E-state index is 5.58. The van der Waals surface area contributed by atoms with Crippen molar-refractivity contribution < 1.29 is 0 Å². The first kappa shape index (κ1) is 25.1. The van der Waals surface area contributed by atoms with Gasteiger partial charge in [-0.1, -0.05) is 88.2 Å². The lowest BCUT2D eigenvalue weighted by Crippen LogP contribution is -2.13. The Morgan fingerprint density at radius 3 is 1.87 bits per heavy atom. The second-order valence-corrected chi connectivity index (χ2v) is 10.9. The number of pyridine rings is 1. The monoisotopic (exact) mass is 568 g/mol. The summed E-state index contributed by atoms with van der Waals surface area (Å²) in [6.07, 6.45) is 11.8. The van der Waals surface area contributed by atoms with E-state index in [1.807, 2.05) is 24.5 Å². The smallest absolute Gasteiger partial charge is 0.0346 e. The fourth-order valence-corrected chi connectivity index (χ4v) is 5.76. The average molecular weight is 570 g/mol. The summed E-state index contributed by atoms with van der Waals surface area (Å²) in [5.74, 6) is 0.463. The van der Waals surface area contributed by atoms with Crippen LogP contribution in [0.4, 0.5) is 0 Å². The number of halogens is 1. The SMILES string of the molecule is N/C=C\C=C1/CCC1c1cccc(-c2cc(-c3cccc(Br)c3)cc(-c3cccc(-c4cccnc4)c3)c2)c1. The Morgan fingerprint density at radius 2 is 1.26 bits per heavy atom. The van der Waals surface area contributed by atoms with Gasteiger partial charge < -0.3 is 5.73 Å². The predicted molar refractivity (Wildman–Crippen MR) is 167 cm³/mol. The van der Waals surface area contributed by atoms with Gasteiger partial charge in [0, 0.05) is 28.3 Å². The molecule has 1 fully saturated rings. The molecule has 2 nitrogen and oxygen atoms in total. The molecule has 0 amide bonds. The van der Waals surface area contributed by atoms with Crippen LogP contribution in [0.3, 0.4) is 0 Å². The molecule has 1 atom stereocenters. The fourth-order valence-electron chi connectivity index (χ4n) is 5.36. The summed E-state index contributed by atoms with van der Waals surface area (Å²) in [5.41, 5.74) is 17.9. The quantitative estimate of drug-likeness (QED) is 0.221. The van der Waals surface area contributed by atoms with Crippen molar-refractivity contribution in [2.45, 2.75) is 18.8 Å². The van der Waals surface area contributed by atoms with Gasteiger partial charge in [-0.15, -0.1) is 0 Å². The number of rotatable bonds is 6. The van der Waals surface area contributed by atoms with Crippen molar-refractivity contribution >= 4 is 15.9 Å². The molecule has 0 aliphatic heterocycles. The van der Waals surface area contributed by atoms with E-state index in [1.54, 1.807) is 6.20 Å². The number of hydrogen-bond acceptors (Lipinski definition) is 2. The molecule has 1 aliphatic rings. The van der Waals surface area contributed by atoms with E-state index in [9.17, 15) is 0 Å². The van der Waals surface area contributed by atoms with Crippen LogP contribution in [0, 0.1) is 0 Å². The molecule has 1 unspecified atom stereocenters. The van der Waals surface area contributed by atoms with Crippen LogP contribution in [0.1, 0.15) is 24.3 Å². The van der Waals surface area contributed by atoms with E-state index in [-0.39, 0.29) is 0 Å². The van der Waals surface area contributed by atoms with Crippen LogP contribution in [0.5, 0.6) is 0 Å². The molecule has 0 saturated heterocycles. The third-order valence-electron chi connectivity index (χ3n) is 7.49. The van der Waals surface area contributed by atoms with E-state index >= 15 is 0 Å². The number of aromatic nitrogens is 1. The zero-order chi connectivity index (χ0) is 26.6. The van der Waals surface area contributed by atoms with Gasteiger partial charge in [-0.05, 0) is 112 Å². The molecular weight excluding hydrogens is 540 g/mol. The molecule has 1 aliphatic carbocycles. The zero-order valence-electron chi connectivity index (χ0n) is 21.6. The molecule has 0 radical (unpaired) electrons. The first-order valence-electron chi connectivity index (χ1n) is 13.3. The summed E-state index contributed by atoms with van der Waals surface area (Å²) in [5, 5.41) is 0. The summed E-state index contributed by atoms with van der Waals surface area (Å²) < 4.78 is 1.07. The van der Waals surface area contributed by atoms with Crippen LogP contribution in [-0.4, -0.2) is 4.98 Å². The molecular formula is C36H29BrN2. The van der Waals surface area contributed by atoms with Gasteiger partial charge in [0.05, 0.1) is 0 Å². The number of allylic oxidation sites excluding steroid dienone is 3. The van der Waals surface area contributed by atoms with Gasteiger partial charge in [0.1, 0.15) is 0 Å². The number of nitrogens with two attached hydrogens (primary N) is 1. The number of nitrogens with zero attached hydrogens (tertiary/aromatic N) is 1. The van der Waals surface area contributed by atoms with Gasteiger partial charge in [0.15, 0.2) is 0 Å². The first-order chi connectivity index (χ1) is 19.2. The summed E-state index contributed by atoms with van der Waals surface area (Å²) in [6.45, 7) is 0. The van der Waals surface area contributed by atoms with Gasteiger partial charge >= 0.3 is 0 Å². The lowest BCUT2D eigenvalue weighted by atomic mass is 9.74. The van der Waals surface area contributed by atoms with Crippen molar-refractivity contribution in [3.05, 3.63) is 149 Å². The minimum atomic E-state index is 0.463. The van der Waals surface area contributed by atoms with Crippen LogP contribution in [0.15, 0.2) is 144 Å². The standard InChI is InChI=1S/C36H29BrN2/c37-35-13-3-9-29(23-35)34-21-32(27-7-1-6-26(18-27)31-12-5-17-39-24-31)20-33(22-34)28-8-2-10-30(19-28)36-15-14-25(36)11-4-16-38/h1-13,16-24,36H,14-15,38H2/b16-4-,25-11+. The van der Waals surface area contributed by atoms with Crippen LogP contribution in [-0.2, 0) is 0 Å². The molecule has 5 aromatic rings. The minimum absolute atomic E-state index is 0.463. The van der Waals surface area contributed by atoms with Gasteiger partial charge in [-0.3, -0.25) is 4.98 Å².